The van der Waals surface area contributed by atoms with Crippen LogP contribution in [0, 0.1) is 5.82 Å². The lowest BCUT2D eigenvalue weighted by molar-refractivity contribution is -0.136. The highest BCUT2D eigenvalue weighted by atomic mass is 19.1. The number of amides is 1. The van der Waals surface area contributed by atoms with E-state index < -0.39 is 5.97 Å². The summed E-state index contributed by atoms with van der Waals surface area (Å²) in [6.07, 6.45) is 5.60. The first kappa shape index (κ1) is 16.4. The monoisotopic (exact) mass is 329 g/mol. The van der Waals surface area contributed by atoms with E-state index in [0.29, 0.717) is 11.3 Å². The molecule has 2 aliphatic rings. The first-order valence-electron chi connectivity index (χ1n) is 8.13. The molecule has 1 saturated carbocycles. The van der Waals surface area contributed by atoms with E-state index in [1.807, 2.05) is 0 Å². The third-order valence-corrected chi connectivity index (χ3v) is 4.68. The summed E-state index contributed by atoms with van der Waals surface area (Å²) in [5, 5.41) is 0. The van der Waals surface area contributed by atoms with Gasteiger partial charge in [0.1, 0.15) is 5.82 Å². The molecule has 0 radical (unpaired) electrons. The van der Waals surface area contributed by atoms with Gasteiger partial charge in [0.15, 0.2) is 0 Å². The number of halogens is 1. The molecule has 3 rings (SSSR count). The summed E-state index contributed by atoms with van der Waals surface area (Å²) >= 11 is 0. The first-order chi connectivity index (χ1) is 11.5. The van der Waals surface area contributed by atoms with Crippen LogP contribution in [0.3, 0.4) is 0 Å². The molecule has 126 valence electrons. The molecule has 1 aromatic carbocycles. The third-order valence-electron chi connectivity index (χ3n) is 4.68. The Morgan fingerprint density at radius 1 is 1.33 bits per heavy atom. The van der Waals surface area contributed by atoms with Crippen molar-refractivity contribution in [3.05, 3.63) is 52.5 Å². The Morgan fingerprint density at radius 2 is 2.04 bits per heavy atom. The summed E-state index contributed by atoms with van der Waals surface area (Å²) < 4.78 is 18.3. The van der Waals surface area contributed by atoms with Gasteiger partial charge in [-0.2, -0.15) is 0 Å². The normalized spacial score (nSPS) is 20.4. The highest BCUT2D eigenvalue weighted by Gasteiger charge is 2.40. The van der Waals surface area contributed by atoms with Gasteiger partial charge in [0, 0.05) is 11.7 Å². The van der Waals surface area contributed by atoms with Gasteiger partial charge in [0.2, 0.25) is 0 Å². The van der Waals surface area contributed by atoms with Crippen molar-refractivity contribution < 1.29 is 18.7 Å². The second-order valence-electron chi connectivity index (χ2n) is 6.18. The predicted molar refractivity (Wildman–Crippen MR) is 88.2 cm³/mol. The Balaban J connectivity index is 2.06. The summed E-state index contributed by atoms with van der Waals surface area (Å²) in [6, 6.07) is 6.07. The maximum Gasteiger partial charge on any atom is 0.340 e. The number of nitrogens with zero attached hydrogens (tertiary/aromatic N) is 1. The van der Waals surface area contributed by atoms with E-state index in [-0.39, 0.29) is 28.9 Å². The van der Waals surface area contributed by atoms with E-state index in [4.69, 9.17) is 4.74 Å². The van der Waals surface area contributed by atoms with Gasteiger partial charge in [-0.3, -0.25) is 4.79 Å². The second-order valence-corrected chi connectivity index (χ2v) is 6.18. The number of hydrogen-bond acceptors (Lipinski definition) is 3. The van der Waals surface area contributed by atoms with Crippen LogP contribution < -0.4 is 0 Å². The van der Waals surface area contributed by atoms with Crippen LogP contribution in [-0.4, -0.2) is 29.9 Å². The molecule has 0 bridgehead atoms. The minimum Gasteiger partial charge on any atom is -0.465 e. The van der Waals surface area contributed by atoms with Crippen molar-refractivity contribution in [1.82, 2.24) is 4.90 Å². The molecular weight excluding hydrogens is 309 g/mol. The number of hydrogen-bond donors (Lipinski definition) is 0. The zero-order valence-corrected chi connectivity index (χ0v) is 13.8. The SMILES string of the molecule is COC(=O)C1=C(C)N(C2CCCC2)C(=O)C1=Cc1cccc(F)c1. The van der Waals surface area contributed by atoms with Gasteiger partial charge >= 0.3 is 5.97 Å². The fraction of sp³-hybridized carbons (Fsp3) is 0.368. The molecule has 5 heteroatoms. The standard InChI is InChI=1S/C19H20FNO3/c1-12-17(19(23)24-2)16(11-13-6-5-7-14(20)10-13)18(22)21(12)15-8-3-4-9-15/h5-7,10-11,15H,3-4,8-9H2,1-2H3. The molecule has 0 spiro atoms. The lowest BCUT2D eigenvalue weighted by atomic mass is 10.0. The fourth-order valence-electron chi connectivity index (χ4n) is 3.56. The average molecular weight is 329 g/mol. The fourth-order valence-corrected chi connectivity index (χ4v) is 3.56. The number of ether oxygens (including phenoxy) is 1. The van der Waals surface area contributed by atoms with Crippen LogP contribution >= 0.6 is 0 Å². The molecular formula is C19H20FNO3. The van der Waals surface area contributed by atoms with E-state index in [0.717, 1.165) is 25.7 Å². The molecule has 1 heterocycles. The van der Waals surface area contributed by atoms with E-state index in [1.54, 1.807) is 30.0 Å². The quantitative estimate of drug-likeness (QED) is 0.630. The minimum absolute atomic E-state index is 0.121. The summed E-state index contributed by atoms with van der Waals surface area (Å²) in [6.45, 7) is 1.77. The van der Waals surface area contributed by atoms with Gasteiger partial charge in [0.25, 0.3) is 5.91 Å². The maximum atomic E-state index is 13.4. The van der Waals surface area contributed by atoms with Crippen LogP contribution in [0.5, 0.6) is 0 Å². The summed E-state index contributed by atoms with van der Waals surface area (Å²) in [5.74, 6) is -1.13. The van der Waals surface area contributed by atoms with Gasteiger partial charge in [-0.1, -0.05) is 25.0 Å². The smallest absolute Gasteiger partial charge is 0.340 e. The largest absolute Gasteiger partial charge is 0.465 e. The first-order valence-corrected chi connectivity index (χ1v) is 8.13. The third kappa shape index (κ3) is 2.86. The average Bonchev–Trinajstić information content (AvgIpc) is 3.15. The number of allylic oxidation sites excluding steroid dienone is 1. The van der Waals surface area contributed by atoms with Crippen molar-refractivity contribution in [3.8, 4) is 0 Å². The molecule has 24 heavy (non-hydrogen) atoms. The molecule has 0 N–H and O–H groups in total. The van der Waals surface area contributed by atoms with Crippen molar-refractivity contribution in [2.75, 3.05) is 7.11 Å². The summed E-state index contributed by atoms with van der Waals surface area (Å²) in [5.41, 5.74) is 1.72. The lowest BCUT2D eigenvalue weighted by Crippen LogP contribution is -2.34. The van der Waals surface area contributed by atoms with E-state index in [2.05, 4.69) is 0 Å². The molecule has 4 nitrogen and oxygen atoms in total. The zero-order valence-electron chi connectivity index (χ0n) is 13.8. The number of rotatable bonds is 3. The Bertz CT molecular complexity index is 745. The molecule has 1 aliphatic carbocycles. The molecule has 0 atom stereocenters. The van der Waals surface area contributed by atoms with Crippen molar-refractivity contribution in [2.45, 2.75) is 38.6 Å². The predicted octanol–water partition coefficient (Wildman–Crippen LogP) is 3.44. The number of esters is 1. The molecule has 1 aromatic rings. The van der Waals surface area contributed by atoms with Gasteiger partial charge in [0.05, 0.1) is 18.3 Å². The van der Waals surface area contributed by atoms with E-state index in [9.17, 15) is 14.0 Å². The molecule has 1 fully saturated rings. The zero-order chi connectivity index (χ0) is 17.3. The number of benzene rings is 1. The van der Waals surface area contributed by atoms with Crippen LogP contribution in [0.2, 0.25) is 0 Å². The topological polar surface area (TPSA) is 46.6 Å². The molecule has 0 saturated heterocycles. The summed E-state index contributed by atoms with van der Waals surface area (Å²) in [7, 11) is 1.30. The highest BCUT2D eigenvalue weighted by molar-refractivity contribution is 6.16. The van der Waals surface area contributed by atoms with Crippen LogP contribution in [0.25, 0.3) is 6.08 Å². The van der Waals surface area contributed by atoms with Crippen LogP contribution in [0.15, 0.2) is 41.1 Å². The maximum absolute atomic E-state index is 13.4. The summed E-state index contributed by atoms with van der Waals surface area (Å²) in [4.78, 5) is 26.9. The number of carbonyl (C=O) groups is 2. The molecule has 1 aliphatic heterocycles. The molecule has 1 amide bonds. The molecule has 0 unspecified atom stereocenters. The van der Waals surface area contributed by atoms with Crippen molar-refractivity contribution >= 4 is 18.0 Å². The van der Waals surface area contributed by atoms with E-state index >= 15 is 0 Å². The van der Waals surface area contributed by atoms with Crippen molar-refractivity contribution in [1.29, 1.82) is 0 Å². The Hall–Kier alpha value is -2.43. The highest BCUT2D eigenvalue weighted by Crippen LogP contribution is 2.37. The number of carbonyl (C=O) groups excluding carboxylic acids is 2. The van der Waals surface area contributed by atoms with Crippen molar-refractivity contribution in [2.24, 2.45) is 0 Å². The van der Waals surface area contributed by atoms with E-state index in [1.165, 1.54) is 19.2 Å². The van der Waals surface area contributed by atoms with Gasteiger partial charge in [-0.15, -0.1) is 0 Å². The molecule has 0 aromatic heterocycles. The second kappa shape index (κ2) is 6.59. The van der Waals surface area contributed by atoms with Crippen molar-refractivity contribution in [3.63, 3.8) is 0 Å². The lowest BCUT2D eigenvalue weighted by Gasteiger charge is -2.25. The van der Waals surface area contributed by atoms with Crippen LogP contribution in [0.4, 0.5) is 4.39 Å². The Kier molecular flexibility index (Phi) is 4.51. The van der Waals surface area contributed by atoms with Gasteiger partial charge < -0.3 is 9.64 Å². The Morgan fingerprint density at radius 3 is 2.67 bits per heavy atom. The van der Waals surface area contributed by atoms with Crippen LogP contribution in [0.1, 0.15) is 38.2 Å². The Labute approximate surface area is 140 Å². The number of methoxy groups -OCH3 is 1. The van der Waals surface area contributed by atoms with Gasteiger partial charge in [-0.25, -0.2) is 9.18 Å². The van der Waals surface area contributed by atoms with Crippen LogP contribution in [-0.2, 0) is 14.3 Å². The van der Waals surface area contributed by atoms with Gasteiger partial charge in [-0.05, 0) is 43.5 Å². The minimum atomic E-state index is -0.538.